The molecule has 2 aromatic carbocycles. The Morgan fingerprint density at radius 3 is 2.74 bits per heavy atom. The van der Waals surface area contributed by atoms with Gasteiger partial charge in [0.2, 0.25) is 0 Å². The van der Waals surface area contributed by atoms with E-state index in [0.29, 0.717) is 10.9 Å². The number of carbonyl (C=O) groups is 1. The van der Waals surface area contributed by atoms with Gasteiger partial charge in [-0.2, -0.15) is 0 Å². The molecule has 0 saturated heterocycles. The number of hydrogen-bond donors (Lipinski definition) is 1. The molecule has 1 amide bonds. The number of carbonyl (C=O) groups excluding carboxylic acids is 1. The number of anilines is 1. The van der Waals surface area contributed by atoms with E-state index in [4.69, 9.17) is 4.74 Å². The minimum atomic E-state index is -0.607. The van der Waals surface area contributed by atoms with Crippen molar-refractivity contribution in [2.45, 2.75) is 20.0 Å². The summed E-state index contributed by atoms with van der Waals surface area (Å²) in [6, 6.07) is 13.4. The number of nitrogens with one attached hydrogen (secondary N) is 1. The SMILES string of the molecule is Cc1ccc2nc(NC(=O)C(C)Oc3ccc(Br)cc3)sc2c1. The highest BCUT2D eigenvalue weighted by molar-refractivity contribution is 9.10. The van der Waals surface area contributed by atoms with Gasteiger partial charge >= 0.3 is 0 Å². The number of benzene rings is 2. The fraction of sp³-hybridized carbons (Fsp3) is 0.176. The summed E-state index contributed by atoms with van der Waals surface area (Å²) < 4.78 is 7.66. The number of amides is 1. The van der Waals surface area contributed by atoms with Gasteiger partial charge in [0.1, 0.15) is 5.75 Å². The van der Waals surface area contributed by atoms with Crippen LogP contribution in [0.25, 0.3) is 10.2 Å². The monoisotopic (exact) mass is 390 g/mol. The molecular weight excluding hydrogens is 376 g/mol. The Labute approximate surface area is 146 Å². The quantitative estimate of drug-likeness (QED) is 0.697. The van der Waals surface area contributed by atoms with Gasteiger partial charge in [-0.05, 0) is 55.8 Å². The predicted octanol–water partition coefficient (Wildman–Crippen LogP) is 4.77. The molecule has 0 aliphatic rings. The molecule has 23 heavy (non-hydrogen) atoms. The third-order valence-electron chi connectivity index (χ3n) is 3.27. The van der Waals surface area contributed by atoms with Crippen LogP contribution in [0.3, 0.4) is 0 Å². The summed E-state index contributed by atoms with van der Waals surface area (Å²) in [6.07, 6.45) is -0.607. The lowest BCUT2D eigenvalue weighted by molar-refractivity contribution is -0.122. The van der Waals surface area contributed by atoms with E-state index in [1.807, 2.05) is 43.3 Å². The van der Waals surface area contributed by atoms with Crippen LogP contribution in [-0.4, -0.2) is 17.0 Å². The normalized spacial score (nSPS) is 12.1. The Morgan fingerprint density at radius 1 is 1.26 bits per heavy atom. The molecule has 118 valence electrons. The molecule has 0 saturated carbocycles. The number of nitrogens with zero attached hydrogens (tertiary/aromatic N) is 1. The summed E-state index contributed by atoms with van der Waals surface area (Å²) >= 11 is 4.83. The fourth-order valence-corrected chi connectivity index (χ4v) is 3.29. The molecule has 1 aromatic heterocycles. The third kappa shape index (κ3) is 3.89. The van der Waals surface area contributed by atoms with Gasteiger partial charge in [0, 0.05) is 4.47 Å². The van der Waals surface area contributed by atoms with E-state index < -0.39 is 6.10 Å². The van der Waals surface area contributed by atoms with E-state index in [-0.39, 0.29) is 5.91 Å². The average Bonchev–Trinajstić information content (AvgIpc) is 2.90. The van der Waals surface area contributed by atoms with Crippen molar-refractivity contribution in [2.75, 3.05) is 5.32 Å². The number of rotatable bonds is 4. The maximum absolute atomic E-state index is 12.2. The molecule has 1 N–H and O–H groups in total. The largest absolute Gasteiger partial charge is 0.481 e. The lowest BCUT2D eigenvalue weighted by Crippen LogP contribution is -2.30. The van der Waals surface area contributed by atoms with Crippen LogP contribution in [0.4, 0.5) is 5.13 Å². The minimum Gasteiger partial charge on any atom is -0.481 e. The molecule has 1 atom stereocenters. The molecule has 0 aliphatic carbocycles. The van der Waals surface area contributed by atoms with Gasteiger partial charge in [-0.3, -0.25) is 10.1 Å². The van der Waals surface area contributed by atoms with Gasteiger partial charge in [0.25, 0.3) is 5.91 Å². The van der Waals surface area contributed by atoms with E-state index >= 15 is 0 Å². The second-order valence-electron chi connectivity index (χ2n) is 5.19. The molecular formula is C17H15BrN2O2S. The zero-order valence-electron chi connectivity index (χ0n) is 12.7. The van der Waals surface area contributed by atoms with E-state index in [9.17, 15) is 4.79 Å². The topological polar surface area (TPSA) is 51.2 Å². The number of aromatic nitrogens is 1. The van der Waals surface area contributed by atoms with Crippen LogP contribution in [0.2, 0.25) is 0 Å². The maximum Gasteiger partial charge on any atom is 0.266 e. The van der Waals surface area contributed by atoms with Gasteiger partial charge in [-0.15, -0.1) is 0 Å². The van der Waals surface area contributed by atoms with Crippen LogP contribution >= 0.6 is 27.3 Å². The first-order valence-electron chi connectivity index (χ1n) is 7.11. The highest BCUT2D eigenvalue weighted by Gasteiger charge is 2.16. The lowest BCUT2D eigenvalue weighted by Gasteiger charge is -2.13. The zero-order valence-corrected chi connectivity index (χ0v) is 15.1. The second-order valence-corrected chi connectivity index (χ2v) is 7.14. The van der Waals surface area contributed by atoms with E-state index in [2.05, 4.69) is 32.3 Å². The fourth-order valence-electron chi connectivity index (χ4n) is 2.06. The van der Waals surface area contributed by atoms with E-state index in [1.165, 1.54) is 16.9 Å². The van der Waals surface area contributed by atoms with E-state index in [0.717, 1.165) is 14.7 Å². The van der Waals surface area contributed by atoms with Crippen LogP contribution in [0, 0.1) is 6.92 Å². The number of ether oxygens (including phenoxy) is 1. The van der Waals surface area contributed by atoms with Crippen molar-refractivity contribution in [3.8, 4) is 5.75 Å². The van der Waals surface area contributed by atoms with Crippen molar-refractivity contribution >= 4 is 48.5 Å². The molecule has 1 unspecified atom stereocenters. The number of thiazole rings is 1. The Balaban J connectivity index is 1.68. The summed E-state index contributed by atoms with van der Waals surface area (Å²) in [5.41, 5.74) is 2.06. The smallest absolute Gasteiger partial charge is 0.266 e. The van der Waals surface area contributed by atoms with Gasteiger partial charge in [0.15, 0.2) is 11.2 Å². The summed E-state index contributed by atoms with van der Waals surface area (Å²) in [6.45, 7) is 3.75. The average molecular weight is 391 g/mol. The Morgan fingerprint density at radius 2 is 2.00 bits per heavy atom. The summed E-state index contributed by atoms with van der Waals surface area (Å²) in [5, 5.41) is 3.40. The van der Waals surface area contributed by atoms with Crippen molar-refractivity contribution < 1.29 is 9.53 Å². The summed E-state index contributed by atoms with van der Waals surface area (Å²) in [4.78, 5) is 16.7. The van der Waals surface area contributed by atoms with E-state index in [1.54, 1.807) is 6.92 Å². The first-order chi connectivity index (χ1) is 11.0. The summed E-state index contributed by atoms with van der Waals surface area (Å²) in [7, 11) is 0. The molecule has 3 aromatic rings. The molecule has 0 spiro atoms. The third-order valence-corrected chi connectivity index (χ3v) is 4.73. The first-order valence-corrected chi connectivity index (χ1v) is 8.72. The zero-order chi connectivity index (χ0) is 16.4. The van der Waals surface area contributed by atoms with Crippen LogP contribution in [-0.2, 0) is 4.79 Å². The molecule has 4 nitrogen and oxygen atoms in total. The van der Waals surface area contributed by atoms with Crippen molar-refractivity contribution in [3.05, 3.63) is 52.5 Å². The molecule has 0 fully saturated rings. The van der Waals surface area contributed by atoms with Crippen molar-refractivity contribution in [3.63, 3.8) is 0 Å². The molecule has 6 heteroatoms. The van der Waals surface area contributed by atoms with Gasteiger partial charge in [-0.1, -0.05) is 33.3 Å². The van der Waals surface area contributed by atoms with Crippen LogP contribution in [0.15, 0.2) is 46.9 Å². The Bertz CT molecular complexity index is 845. The number of halogens is 1. The van der Waals surface area contributed by atoms with Crippen LogP contribution < -0.4 is 10.1 Å². The van der Waals surface area contributed by atoms with Crippen LogP contribution in [0.1, 0.15) is 12.5 Å². The van der Waals surface area contributed by atoms with Gasteiger partial charge < -0.3 is 4.74 Å². The number of fused-ring (bicyclic) bond motifs is 1. The standard InChI is InChI=1S/C17H15BrN2O2S/c1-10-3-8-14-15(9-10)23-17(19-14)20-16(21)11(2)22-13-6-4-12(18)5-7-13/h3-9,11H,1-2H3,(H,19,20,21). The highest BCUT2D eigenvalue weighted by atomic mass is 79.9. The summed E-state index contributed by atoms with van der Waals surface area (Å²) in [5.74, 6) is 0.430. The Kier molecular flexibility index (Phi) is 4.63. The van der Waals surface area contributed by atoms with Crippen molar-refractivity contribution in [1.82, 2.24) is 4.98 Å². The number of aryl methyl sites for hydroxylation is 1. The molecule has 0 radical (unpaired) electrons. The maximum atomic E-state index is 12.2. The Hall–Kier alpha value is -1.92. The van der Waals surface area contributed by atoms with Gasteiger partial charge in [0.05, 0.1) is 10.2 Å². The lowest BCUT2D eigenvalue weighted by atomic mass is 10.2. The second kappa shape index (κ2) is 6.68. The minimum absolute atomic E-state index is 0.219. The molecule has 0 bridgehead atoms. The van der Waals surface area contributed by atoms with Gasteiger partial charge in [-0.25, -0.2) is 4.98 Å². The molecule has 1 heterocycles. The predicted molar refractivity (Wildman–Crippen MR) is 97.2 cm³/mol. The first kappa shape index (κ1) is 16.0. The molecule has 3 rings (SSSR count). The van der Waals surface area contributed by atoms with Crippen molar-refractivity contribution in [1.29, 1.82) is 0 Å². The highest BCUT2D eigenvalue weighted by Crippen LogP contribution is 2.27. The van der Waals surface area contributed by atoms with Crippen LogP contribution in [0.5, 0.6) is 5.75 Å². The number of hydrogen-bond acceptors (Lipinski definition) is 4. The van der Waals surface area contributed by atoms with Crippen molar-refractivity contribution in [2.24, 2.45) is 0 Å². The molecule has 0 aliphatic heterocycles.